The fourth-order valence-electron chi connectivity index (χ4n) is 2.87. The predicted molar refractivity (Wildman–Crippen MR) is 80.8 cm³/mol. The van der Waals surface area contributed by atoms with Crippen LogP contribution in [-0.4, -0.2) is 31.7 Å². The molecule has 1 aliphatic heterocycles. The van der Waals surface area contributed by atoms with E-state index >= 15 is 0 Å². The average Bonchev–Trinajstić information content (AvgIpc) is 2.49. The summed E-state index contributed by atoms with van der Waals surface area (Å²) in [6.45, 7) is 3.10. The van der Waals surface area contributed by atoms with Crippen molar-refractivity contribution < 1.29 is 20.1 Å². The highest BCUT2D eigenvalue weighted by molar-refractivity contribution is 5.52. The number of hydrogen-bond donors (Lipinski definition) is 3. The Kier molecular flexibility index (Phi) is 3.29. The first-order valence-electron chi connectivity index (χ1n) is 7.09. The first kappa shape index (κ1) is 15.3. The molecule has 0 bridgehead atoms. The Balaban J connectivity index is 2.31. The Labute approximate surface area is 133 Å². The van der Waals surface area contributed by atoms with E-state index in [9.17, 15) is 15.3 Å². The lowest BCUT2D eigenvalue weighted by molar-refractivity contribution is -0.269. The third kappa shape index (κ3) is 2.22. The van der Waals surface area contributed by atoms with E-state index in [1.165, 1.54) is 12.3 Å². The molecule has 3 N–H and O–H groups in total. The summed E-state index contributed by atoms with van der Waals surface area (Å²) in [7, 11) is 0. The standard InChI is InChI=1S/C17H16N2O4/c1-16(2)17(21,22)14(11-4-3-7-19-15(11)20)12-8-10(9-18)5-6-13(12)23-16/h3-8,14,21-22H,1-2H3,(H,19,20). The molecule has 23 heavy (non-hydrogen) atoms. The summed E-state index contributed by atoms with van der Waals surface area (Å²) >= 11 is 0. The van der Waals surface area contributed by atoms with Gasteiger partial charge in [0.1, 0.15) is 5.75 Å². The number of rotatable bonds is 1. The molecule has 6 heteroatoms. The van der Waals surface area contributed by atoms with Crippen LogP contribution < -0.4 is 4.74 Å². The van der Waals surface area contributed by atoms with E-state index in [-0.39, 0.29) is 11.4 Å². The molecule has 2 heterocycles. The lowest BCUT2D eigenvalue weighted by Crippen LogP contribution is -2.60. The van der Waals surface area contributed by atoms with Gasteiger partial charge in [0, 0.05) is 17.3 Å². The van der Waals surface area contributed by atoms with Gasteiger partial charge in [-0.25, -0.2) is 4.98 Å². The molecule has 1 aromatic carbocycles. The molecule has 1 atom stereocenters. The molecule has 0 radical (unpaired) electrons. The van der Waals surface area contributed by atoms with E-state index in [0.717, 1.165) is 0 Å². The molecule has 0 fully saturated rings. The highest BCUT2D eigenvalue weighted by Gasteiger charge is 2.56. The number of nitriles is 1. The number of hydrogen-bond acceptors (Lipinski definition) is 6. The topological polar surface area (TPSA) is 107 Å². The van der Waals surface area contributed by atoms with Crippen molar-refractivity contribution in [1.29, 1.82) is 5.26 Å². The van der Waals surface area contributed by atoms with E-state index in [0.29, 0.717) is 16.9 Å². The smallest absolute Gasteiger partial charge is 0.214 e. The van der Waals surface area contributed by atoms with Crippen LogP contribution in [0.25, 0.3) is 0 Å². The Morgan fingerprint density at radius 2 is 1.96 bits per heavy atom. The average molecular weight is 312 g/mol. The van der Waals surface area contributed by atoms with Crippen molar-refractivity contribution in [3.8, 4) is 17.7 Å². The first-order chi connectivity index (χ1) is 10.8. The normalized spacial score (nSPS) is 20.9. The van der Waals surface area contributed by atoms with Gasteiger partial charge in [0.25, 0.3) is 0 Å². The second-order valence-corrected chi connectivity index (χ2v) is 6.05. The molecule has 6 nitrogen and oxygen atoms in total. The monoisotopic (exact) mass is 312 g/mol. The molecular weight excluding hydrogens is 296 g/mol. The van der Waals surface area contributed by atoms with Gasteiger partial charge in [-0.05, 0) is 38.1 Å². The zero-order valence-corrected chi connectivity index (χ0v) is 12.7. The van der Waals surface area contributed by atoms with Gasteiger partial charge in [0.15, 0.2) is 5.60 Å². The fourth-order valence-corrected chi connectivity index (χ4v) is 2.87. The molecule has 0 saturated heterocycles. The number of fused-ring (bicyclic) bond motifs is 1. The summed E-state index contributed by atoms with van der Waals surface area (Å²) in [6.07, 6.45) is 1.41. The summed E-state index contributed by atoms with van der Waals surface area (Å²) < 4.78 is 5.71. The van der Waals surface area contributed by atoms with Crippen LogP contribution in [0.5, 0.6) is 11.6 Å². The largest absolute Gasteiger partial charge is 0.493 e. The zero-order valence-electron chi connectivity index (χ0n) is 12.7. The van der Waals surface area contributed by atoms with E-state index < -0.39 is 17.3 Å². The number of aliphatic hydroxyl groups is 2. The fraction of sp³-hybridized carbons (Fsp3) is 0.294. The van der Waals surface area contributed by atoms with Crippen LogP contribution in [0.15, 0.2) is 36.5 Å². The third-order valence-corrected chi connectivity index (χ3v) is 4.23. The maximum atomic E-state index is 10.8. The summed E-state index contributed by atoms with van der Waals surface area (Å²) in [5, 5.41) is 40.7. The number of aromatic hydroxyl groups is 1. The molecular formula is C17H16N2O4. The lowest BCUT2D eigenvalue weighted by Gasteiger charge is -2.48. The van der Waals surface area contributed by atoms with Crippen LogP contribution in [0.1, 0.15) is 36.5 Å². The molecule has 0 saturated carbocycles. The number of aromatic nitrogens is 1. The van der Waals surface area contributed by atoms with E-state index in [2.05, 4.69) is 4.98 Å². The highest BCUT2D eigenvalue weighted by atomic mass is 16.6. The van der Waals surface area contributed by atoms with Crippen molar-refractivity contribution in [2.45, 2.75) is 31.2 Å². The van der Waals surface area contributed by atoms with Gasteiger partial charge in [0.05, 0.1) is 17.6 Å². The molecule has 0 spiro atoms. The van der Waals surface area contributed by atoms with Crippen LogP contribution in [0.2, 0.25) is 0 Å². The number of pyridine rings is 1. The van der Waals surface area contributed by atoms with Crippen LogP contribution in [0, 0.1) is 11.3 Å². The summed E-state index contributed by atoms with van der Waals surface area (Å²) in [5.41, 5.74) is -0.306. The predicted octanol–water partition coefficient (Wildman–Crippen LogP) is 1.64. The highest BCUT2D eigenvalue weighted by Crippen LogP contribution is 2.50. The van der Waals surface area contributed by atoms with E-state index in [1.807, 2.05) is 6.07 Å². The van der Waals surface area contributed by atoms with Gasteiger partial charge in [-0.3, -0.25) is 0 Å². The maximum Gasteiger partial charge on any atom is 0.214 e. The minimum absolute atomic E-state index is 0.255. The van der Waals surface area contributed by atoms with E-state index in [1.54, 1.807) is 38.1 Å². The number of ether oxygens (including phenoxy) is 1. The van der Waals surface area contributed by atoms with Crippen molar-refractivity contribution in [3.63, 3.8) is 0 Å². The molecule has 118 valence electrons. The third-order valence-electron chi connectivity index (χ3n) is 4.23. The van der Waals surface area contributed by atoms with Crippen molar-refractivity contribution >= 4 is 0 Å². The SMILES string of the molecule is CC1(C)Oc2ccc(C#N)cc2C(c2cccnc2O)C1(O)O. The summed E-state index contributed by atoms with van der Waals surface area (Å²) in [6, 6.07) is 9.92. The van der Waals surface area contributed by atoms with Crippen molar-refractivity contribution in [1.82, 2.24) is 4.98 Å². The maximum absolute atomic E-state index is 10.8. The minimum Gasteiger partial charge on any atom is -0.493 e. The van der Waals surface area contributed by atoms with Gasteiger partial charge >= 0.3 is 0 Å². The Morgan fingerprint density at radius 3 is 2.61 bits per heavy atom. The molecule has 1 aromatic heterocycles. The lowest BCUT2D eigenvalue weighted by atomic mass is 9.74. The molecule has 0 amide bonds. The van der Waals surface area contributed by atoms with E-state index in [4.69, 9.17) is 10.00 Å². The zero-order chi connectivity index (χ0) is 16.8. The van der Waals surface area contributed by atoms with Gasteiger partial charge in [-0.2, -0.15) is 5.26 Å². The Morgan fingerprint density at radius 1 is 1.22 bits per heavy atom. The van der Waals surface area contributed by atoms with Crippen molar-refractivity contribution in [3.05, 3.63) is 53.2 Å². The second kappa shape index (κ2) is 4.95. The molecule has 2 aromatic rings. The van der Waals surface area contributed by atoms with Gasteiger partial charge in [0.2, 0.25) is 11.7 Å². The van der Waals surface area contributed by atoms with Crippen molar-refractivity contribution in [2.75, 3.05) is 0 Å². The number of benzene rings is 1. The van der Waals surface area contributed by atoms with Crippen LogP contribution in [0.4, 0.5) is 0 Å². The van der Waals surface area contributed by atoms with Crippen LogP contribution >= 0.6 is 0 Å². The van der Waals surface area contributed by atoms with Gasteiger partial charge in [-0.1, -0.05) is 6.07 Å². The second-order valence-electron chi connectivity index (χ2n) is 6.05. The summed E-state index contributed by atoms with van der Waals surface area (Å²) in [5.74, 6) is -3.19. The molecule has 1 aliphatic rings. The molecule has 1 unspecified atom stereocenters. The molecule has 3 rings (SSSR count). The van der Waals surface area contributed by atoms with Crippen LogP contribution in [0.3, 0.4) is 0 Å². The van der Waals surface area contributed by atoms with Crippen molar-refractivity contribution in [2.24, 2.45) is 0 Å². The quantitative estimate of drug-likeness (QED) is 0.691. The van der Waals surface area contributed by atoms with Gasteiger partial charge < -0.3 is 20.1 Å². The van der Waals surface area contributed by atoms with Gasteiger partial charge in [-0.15, -0.1) is 0 Å². The number of nitrogens with zero attached hydrogens (tertiary/aromatic N) is 2. The Hall–Kier alpha value is -2.62. The van der Waals surface area contributed by atoms with Crippen LogP contribution in [-0.2, 0) is 0 Å². The first-order valence-corrected chi connectivity index (χ1v) is 7.09. The molecule has 0 aliphatic carbocycles. The Bertz CT molecular complexity index is 808. The minimum atomic E-state index is -2.31. The summed E-state index contributed by atoms with van der Waals surface area (Å²) in [4.78, 5) is 3.81.